The van der Waals surface area contributed by atoms with Crippen LogP contribution in [-0.4, -0.2) is 24.1 Å². The molecule has 10 aromatic carbocycles. The Labute approximate surface area is 396 Å². The minimum absolute atomic E-state index is 0.590. The van der Waals surface area contributed by atoms with Crippen LogP contribution in [0.3, 0.4) is 0 Å². The number of fused-ring (bicyclic) bond motifs is 10. The van der Waals surface area contributed by atoms with Crippen molar-refractivity contribution in [3.63, 3.8) is 0 Å². The van der Waals surface area contributed by atoms with Crippen molar-refractivity contribution in [3.05, 3.63) is 237 Å². The molecule has 0 N–H and O–H groups in total. The van der Waals surface area contributed by atoms with E-state index in [2.05, 4.69) is 203 Å². The minimum atomic E-state index is 0.590. The van der Waals surface area contributed by atoms with E-state index in [0.717, 1.165) is 99.6 Å². The van der Waals surface area contributed by atoms with Gasteiger partial charge in [0.1, 0.15) is 11.2 Å². The topological polar surface area (TPSA) is 61.7 Å². The molecule has 0 amide bonds. The minimum Gasteiger partial charge on any atom is -0.455 e. The normalized spacial score (nSPS) is 11.8. The molecule has 322 valence electrons. The highest BCUT2D eigenvalue weighted by molar-refractivity contribution is 6.27. The summed E-state index contributed by atoms with van der Waals surface area (Å²) in [4.78, 5) is 15.5. The van der Waals surface area contributed by atoms with Gasteiger partial charge in [0.05, 0.1) is 27.5 Å². The lowest BCUT2D eigenvalue weighted by atomic mass is 9.97. The van der Waals surface area contributed by atoms with Crippen molar-refractivity contribution >= 4 is 65.6 Å². The number of para-hydroxylation sites is 4. The van der Waals surface area contributed by atoms with Crippen LogP contribution in [0.4, 0.5) is 0 Å². The predicted molar refractivity (Wildman–Crippen MR) is 283 cm³/mol. The van der Waals surface area contributed by atoms with E-state index in [1.807, 2.05) is 42.5 Å². The van der Waals surface area contributed by atoms with Gasteiger partial charge in [-0.05, 0) is 71.3 Å². The van der Waals surface area contributed by atoms with Crippen LogP contribution in [0.2, 0.25) is 0 Å². The maximum Gasteiger partial charge on any atom is 0.164 e. The lowest BCUT2D eigenvalue weighted by Crippen LogP contribution is -2.01. The average Bonchev–Trinajstić information content (AvgIpc) is 4.09. The molecular weight excluding hydrogens is 843 g/mol. The maximum atomic E-state index is 6.89. The number of hydrogen-bond donors (Lipinski definition) is 0. The molecular formula is C63H39N5O. The van der Waals surface area contributed by atoms with Crippen LogP contribution in [0, 0.1) is 0 Å². The molecule has 0 spiro atoms. The fourth-order valence-corrected chi connectivity index (χ4v) is 10.4. The van der Waals surface area contributed by atoms with Gasteiger partial charge < -0.3 is 13.6 Å². The third-order valence-corrected chi connectivity index (χ3v) is 13.6. The Balaban J connectivity index is 1.01. The van der Waals surface area contributed by atoms with Crippen LogP contribution >= 0.6 is 0 Å². The predicted octanol–water partition coefficient (Wildman–Crippen LogP) is 16.3. The molecule has 4 aromatic heterocycles. The van der Waals surface area contributed by atoms with Gasteiger partial charge in [-0.1, -0.05) is 182 Å². The molecule has 0 aliphatic rings. The van der Waals surface area contributed by atoms with E-state index < -0.39 is 0 Å². The van der Waals surface area contributed by atoms with E-state index in [0.29, 0.717) is 17.5 Å². The maximum absolute atomic E-state index is 6.89. The van der Waals surface area contributed by atoms with Crippen molar-refractivity contribution in [3.8, 4) is 67.8 Å². The number of nitrogens with zero attached hydrogens (tertiary/aromatic N) is 5. The molecule has 14 aromatic rings. The Morgan fingerprint density at radius 2 is 0.812 bits per heavy atom. The smallest absolute Gasteiger partial charge is 0.164 e. The fourth-order valence-electron chi connectivity index (χ4n) is 10.4. The van der Waals surface area contributed by atoms with Crippen molar-refractivity contribution in [2.24, 2.45) is 0 Å². The second kappa shape index (κ2) is 15.6. The Morgan fingerprint density at radius 3 is 1.55 bits per heavy atom. The summed E-state index contributed by atoms with van der Waals surface area (Å²) in [6.45, 7) is 0. The Bertz CT molecular complexity index is 4280. The molecule has 0 radical (unpaired) electrons. The molecule has 0 atom stereocenters. The van der Waals surface area contributed by atoms with E-state index in [-0.39, 0.29) is 0 Å². The molecule has 0 saturated carbocycles. The van der Waals surface area contributed by atoms with Gasteiger partial charge in [0, 0.05) is 60.6 Å². The number of furan rings is 1. The van der Waals surface area contributed by atoms with Gasteiger partial charge >= 0.3 is 0 Å². The number of aromatic nitrogens is 5. The van der Waals surface area contributed by atoms with Gasteiger partial charge in [-0.3, -0.25) is 0 Å². The van der Waals surface area contributed by atoms with E-state index >= 15 is 0 Å². The molecule has 0 unspecified atom stereocenters. The van der Waals surface area contributed by atoms with Crippen LogP contribution in [0.5, 0.6) is 0 Å². The van der Waals surface area contributed by atoms with Gasteiger partial charge in [0.2, 0.25) is 0 Å². The van der Waals surface area contributed by atoms with Gasteiger partial charge in [-0.2, -0.15) is 0 Å². The van der Waals surface area contributed by atoms with E-state index in [4.69, 9.17) is 19.4 Å². The fraction of sp³-hybridized carbons (Fsp3) is 0. The first-order valence-electron chi connectivity index (χ1n) is 23.3. The average molecular weight is 882 g/mol. The van der Waals surface area contributed by atoms with Crippen LogP contribution in [0.1, 0.15) is 0 Å². The highest BCUT2D eigenvalue weighted by atomic mass is 16.3. The first-order valence-corrected chi connectivity index (χ1v) is 23.3. The van der Waals surface area contributed by atoms with Crippen LogP contribution in [0.25, 0.3) is 133 Å². The summed E-state index contributed by atoms with van der Waals surface area (Å²) < 4.78 is 11.7. The highest BCUT2D eigenvalue weighted by Crippen LogP contribution is 2.46. The summed E-state index contributed by atoms with van der Waals surface area (Å²) in [7, 11) is 0. The van der Waals surface area contributed by atoms with Crippen LogP contribution in [-0.2, 0) is 0 Å². The number of hydrogen-bond acceptors (Lipinski definition) is 4. The molecule has 0 bridgehead atoms. The number of benzene rings is 10. The molecule has 14 rings (SSSR count). The summed E-state index contributed by atoms with van der Waals surface area (Å²) in [5.74, 6) is 1.81. The zero-order chi connectivity index (χ0) is 45.4. The number of rotatable bonds is 7. The van der Waals surface area contributed by atoms with Gasteiger partial charge in [-0.25, -0.2) is 15.0 Å². The van der Waals surface area contributed by atoms with E-state index in [1.54, 1.807) is 0 Å². The second-order valence-electron chi connectivity index (χ2n) is 17.6. The monoisotopic (exact) mass is 881 g/mol. The molecule has 0 fully saturated rings. The lowest BCUT2D eigenvalue weighted by molar-refractivity contribution is 0.673. The van der Waals surface area contributed by atoms with Crippen molar-refractivity contribution < 1.29 is 4.42 Å². The summed E-state index contributed by atoms with van der Waals surface area (Å²) in [5, 5.41) is 6.76. The van der Waals surface area contributed by atoms with Crippen molar-refractivity contribution in [1.82, 2.24) is 24.1 Å². The molecule has 6 nitrogen and oxygen atoms in total. The molecule has 0 aliphatic heterocycles. The first kappa shape index (κ1) is 38.8. The third-order valence-electron chi connectivity index (χ3n) is 13.6. The quantitative estimate of drug-likeness (QED) is 0.160. The zero-order valence-corrected chi connectivity index (χ0v) is 37.2. The molecule has 0 aliphatic carbocycles. The SMILES string of the molecule is c1ccc(-c2ccc(-c3nc(-c4ccccc4)nc(-c4cccc(-n5c6ccccc6c6c7oc8ccccc8c7cc(-c7ccc8c9ccccc9n(-c9ccccc9)c8c7)c65)c4)n3)cc2)cc1. The van der Waals surface area contributed by atoms with Crippen molar-refractivity contribution in [1.29, 1.82) is 0 Å². The molecule has 4 heterocycles. The van der Waals surface area contributed by atoms with Gasteiger partial charge in [0.15, 0.2) is 17.5 Å². The summed E-state index contributed by atoms with van der Waals surface area (Å²) >= 11 is 0. The van der Waals surface area contributed by atoms with Crippen molar-refractivity contribution in [2.45, 2.75) is 0 Å². The van der Waals surface area contributed by atoms with E-state index in [9.17, 15) is 0 Å². The Kier molecular flexibility index (Phi) is 8.79. The molecule has 0 saturated heterocycles. The molecule has 69 heavy (non-hydrogen) atoms. The first-order chi connectivity index (χ1) is 34.2. The Morgan fingerprint density at radius 1 is 0.304 bits per heavy atom. The standard InChI is InChI=1S/C63H39N5O/c1-4-17-40(18-5-1)41-31-33-43(34-32-41)62-64-61(42-19-6-2-7-20-42)65-63(66-62)45-21-16-24-47(37-45)68-55-29-14-11-27-51(55)58-59(68)52(39-53-50-26-12-15-30-57(50)69-60(53)58)44-35-36-49-48-25-10-13-28-54(48)67(56(49)38-44)46-22-8-3-9-23-46/h1-39H. The Hall–Kier alpha value is -9.39. The van der Waals surface area contributed by atoms with Crippen molar-refractivity contribution in [2.75, 3.05) is 0 Å². The van der Waals surface area contributed by atoms with Crippen LogP contribution in [0.15, 0.2) is 241 Å². The summed E-state index contributed by atoms with van der Waals surface area (Å²) in [6.07, 6.45) is 0. The van der Waals surface area contributed by atoms with E-state index in [1.165, 1.54) is 16.3 Å². The molecule has 6 heteroatoms. The van der Waals surface area contributed by atoms with Crippen LogP contribution < -0.4 is 0 Å². The zero-order valence-electron chi connectivity index (χ0n) is 37.2. The second-order valence-corrected chi connectivity index (χ2v) is 17.6. The van der Waals surface area contributed by atoms with Gasteiger partial charge in [-0.15, -0.1) is 0 Å². The highest BCUT2D eigenvalue weighted by Gasteiger charge is 2.24. The lowest BCUT2D eigenvalue weighted by Gasteiger charge is -2.14. The van der Waals surface area contributed by atoms with Gasteiger partial charge in [0.25, 0.3) is 0 Å². The summed E-state index contributed by atoms with van der Waals surface area (Å²) in [6, 6.07) is 83.3. The third kappa shape index (κ3) is 6.30. The summed E-state index contributed by atoms with van der Waals surface area (Å²) in [5.41, 5.74) is 15.5. The largest absolute Gasteiger partial charge is 0.455 e.